The summed E-state index contributed by atoms with van der Waals surface area (Å²) in [7, 11) is 0. The van der Waals surface area contributed by atoms with E-state index in [1.807, 2.05) is 38.1 Å². The molecule has 9 heteroatoms. The molecule has 1 N–H and O–H groups in total. The second-order valence-electron chi connectivity index (χ2n) is 5.66. The first-order valence-electron chi connectivity index (χ1n) is 7.84. The Morgan fingerprint density at radius 2 is 1.92 bits per heavy atom. The number of aromatic nitrogens is 3. The maximum absolute atomic E-state index is 12.4. The number of amides is 1. The van der Waals surface area contributed by atoms with Crippen LogP contribution in [0.1, 0.15) is 17.0 Å². The quantitative estimate of drug-likeness (QED) is 0.655. The predicted octanol–water partition coefficient (Wildman–Crippen LogP) is 3.80. The third-order valence-corrected chi connectivity index (χ3v) is 5.80. The zero-order valence-electron chi connectivity index (χ0n) is 14.2. The summed E-state index contributed by atoms with van der Waals surface area (Å²) in [6.45, 7) is 4.05. The van der Waals surface area contributed by atoms with E-state index in [-0.39, 0.29) is 24.4 Å². The van der Waals surface area contributed by atoms with Gasteiger partial charge >= 0.3 is 0 Å². The molecular formula is C17H16N4O2S3. The summed E-state index contributed by atoms with van der Waals surface area (Å²) in [4.78, 5) is 25.3. The number of nitrogens with zero attached hydrogens (tertiary/aromatic N) is 3. The van der Waals surface area contributed by atoms with Gasteiger partial charge in [0, 0.05) is 23.9 Å². The highest BCUT2D eigenvalue weighted by atomic mass is 32.1. The smallest absolute Gasteiger partial charge is 0.253 e. The summed E-state index contributed by atoms with van der Waals surface area (Å²) < 4.78 is 1.90. The van der Waals surface area contributed by atoms with Gasteiger partial charge in [-0.15, -0.1) is 21.5 Å². The maximum Gasteiger partial charge on any atom is 0.253 e. The number of carbonyl (C=O) groups excluding carboxylic acids is 1. The summed E-state index contributed by atoms with van der Waals surface area (Å²) in [5.41, 5.74) is 1.91. The number of aryl methyl sites for hydroxylation is 2. The first-order valence-corrected chi connectivity index (χ1v) is 9.88. The fraction of sp³-hybridized carbons (Fsp3) is 0.235. The van der Waals surface area contributed by atoms with Crippen LogP contribution >= 0.6 is 34.9 Å². The van der Waals surface area contributed by atoms with Crippen molar-refractivity contribution >= 4 is 45.9 Å². The summed E-state index contributed by atoms with van der Waals surface area (Å²) in [5, 5.41) is 11.6. The van der Waals surface area contributed by atoms with Gasteiger partial charge in [0.25, 0.3) is 5.56 Å². The molecule has 0 saturated heterocycles. The van der Waals surface area contributed by atoms with E-state index >= 15 is 0 Å². The minimum atomic E-state index is -0.227. The summed E-state index contributed by atoms with van der Waals surface area (Å²) in [6, 6.07) is 9.50. The highest BCUT2D eigenvalue weighted by Crippen LogP contribution is 2.23. The number of hydrogen-bond donors (Lipinski definition) is 1. The van der Waals surface area contributed by atoms with Crippen molar-refractivity contribution in [3.05, 3.63) is 55.2 Å². The minimum absolute atomic E-state index is 0.138. The molecule has 2 aromatic heterocycles. The molecule has 1 amide bonds. The number of hydrogen-bond acceptors (Lipinski definition) is 7. The SMILES string of the molecule is Cc1ccc(-c2cc(=O)n(CCC(=O)Nc3nnc(C)s3)c(=S)s2)cc1. The molecular weight excluding hydrogens is 388 g/mol. The van der Waals surface area contributed by atoms with Crippen LogP contribution in [0.15, 0.2) is 35.1 Å². The summed E-state index contributed by atoms with van der Waals surface area (Å²) >= 11 is 8.03. The van der Waals surface area contributed by atoms with Crippen LogP contribution in [-0.4, -0.2) is 20.7 Å². The third-order valence-electron chi connectivity index (χ3n) is 3.61. The highest BCUT2D eigenvalue weighted by Gasteiger charge is 2.09. The fourth-order valence-corrected chi connectivity index (χ4v) is 4.21. The van der Waals surface area contributed by atoms with Gasteiger partial charge in [-0.1, -0.05) is 41.2 Å². The van der Waals surface area contributed by atoms with Crippen molar-refractivity contribution < 1.29 is 4.79 Å². The molecule has 1 aromatic carbocycles. The van der Waals surface area contributed by atoms with Crippen LogP contribution in [0.2, 0.25) is 0 Å². The van der Waals surface area contributed by atoms with Crippen LogP contribution in [0.25, 0.3) is 10.4 Å². The van der Waals surface area contributed by atoms with Crippen LogP contribution in [0.5, 0.6) is 0 Å². The van der Waals surface area contributed by atoms with Gasteiger partial charge in [-0.2, -0.15) is 0 Å². The Balaban J connectivity index is 1.72. The molecule has 26 heavy (non-hydrogen) atoms. The van der Waals surface area contributed by atoms with Gasteiger partial charge < -0.3 is 5.32 Å². The molecule has 0 aliphatic heterocycles. The van der Waals surface area contributed by atoms with Gasteiger partial charge in [-0.25, -0.2) is 0 Å². The van der Waals surface area contributed by atoms with Gasteiger partial charge in [-0.05, 0) is 31.6 Å². The Kier molecular flexibility index (Phi) is 5.70. The van der Waals surface area contributed by atoms with E-state index in [9.17, 15) is 9.59 Å². The van der Waals surface area contributed by atoms with Crippen molar-refractivity contribution in [2.45, 2.75) is 26.8 Å². The molecule has 3 aromatic rings. The van der Waals surface area contributed by atoms with E-state index in [1.54, 1.807) is 6.07 Å². The third kappa shape index (κ3) is 4.48. The Hall–Kier alpha value is -2.23. The molecule has 134 valence electrons. The molecule has 0 radical (unpaired) electrons. The van der Waals surface area contributed by atoms with Crippen molar-refractivity contribution in [3.8, 4) is 10.4 Å². The Morgan fingerprint density at radius 3 is 2.54 bits per heavy atom. The lowest BCUT2D eigenvalue weighted by Gasteiger charge is -2.07. The van der Waals surface area contributed by atoms with E-state index in [0.29, 0.717) is 9.09 Å². The van der Waals surface area contributed by atoms with Gasteiger partial charge in [0.05, 0.1) is 0 Å². The predicted molar refractivity (Wildman–Crippen MR) is 107 cm³/mol. The van der Waals surface area contributed by atoms with Crippen molar-refractivity contribution in [1.29, 1.82) is 0 Å². The van der Waals surface area contributed by atoms with Crippen molar-refractivity contribution in [3.63, 3.8) is 0 Å². The normalized spacial score (nSPS) is 10.7. The Morgan fingerprint density at radius 1 is 1.19 bits per heavy atom. The molecule has 0 unspecified atom stereocenters. The monoisotopic (exact) mass is 404 g/mol. The van der Waals surface area contributed by atoms with Gasteiger partial charge in [0.15, 0.2) is 3.95 Å². The molecule has 0 saturated carbocycles. The summed E-state index contributed by atoms with van der Waals surface area (Å²) in [6.07, 6.45) is 0.138. The van der Waals surface area contributed by atoms with Crippen molar-refractivity contribution in [2.24, 2.45) is 0 Å². The number of nitrogens with one attached hydrogen (secondary N) is 1. The van der Waals surface area contributed by atoms with E-state index in [2.05, 4.69) is 15.5 Å². The van der Waals surface area contributed by atoms with Gasteiger partial charge in [0.1, 0.15) is 5.01 Å². The number of benzene rings is 1. The Bertz CT molecular complexity index is 1020. The lowest BCUT2D eigenvalue weighted by molar-refractivity contribution is -0.116. The van der Waals surface area contributed by atoms with Crippen LogP contribution in [-0.2, 0) is 11.3 Å². The van der Waals surface area contributed by atoms with Crippen LogP contribution in [0.4, 0.5) is 5.13 Å². The van der Waals surface area contributed by atoms with Gasteiger partial charge in [-0.3, -0.25) is 14.2 Å². The van der Waals surface area contributed by atoms with E-state index < -0.39 is 0 Å². The number of carbonyl (C=O) groups is 1. The Labute approximate surface area is 163 Å². The minimum Gasteiger partial charge on any atom is -0.300 e. The first kappa shape index (κ1) is 18.6. The first-order chi connectivity index (χ1) is 12.4. The van der Waals surface area contributed by atoms with Gasteiger partial charge in [0.2, 0.25) is 11.0 Å². The second kappa shape index (κ2) is 7.98. The molecule has 0 fully saturated rings. The standard InChI is InChI=1S/C17H16N4O2S3/c1-10-3-5-12(6-4-10)13-9-15(23)21(17(24)26-13)8-7-14(22)18-16-20-19-11(2)25-16/h3-6,9H,7-8H2,1-2H3,(H,18,20,22). The number of anilines is 1. The second-order valence-corrected chi connectivity index (χ2v) is 8.51. The lowest BCUT2D eigenvalue weighted by atomic mass is 10.1. The maximum atomic E-state index is 12.4. The molecule has 6 nitrogen and oxygen atoms in total. The highest BCUT2D eigenvalue weighted by molar-refractivity contribution is 7.73. The largest absolute Gasteiger partial charge is 0.300 e. The molecule has 0 aliphatic rings. The molecule has 2 heterocycles. The molecule has 0 aliphatic carbocycles. The van der Waals surface area contributed by atoms with Crippen LogP contribution in [0.3, 0.4) is 0 Å². The molecule has 0 atom stereocenters. The zero-order valence-corrected chi connectivity index (χ0v) is 16.6. The van der Waals surface area contributed by atoms with Crippen LogP contribution in [0, 0.1) is 17.8 Å². The van der Waals surface area contributed by atoms with E-state index in [1.165, 1.54) is 27.2 Å². The lowest BCUT2D eigenvalue weighted by Crippen LogP contribution is -2.22. The average molecular weight is 405 g/mol. The zero-order chi connectivity index (χ0) is 18.7. The molecule has 0 bridgehead atoms. The van der Waals surface area contributed by atoms with Crippen molar-refractivity contribution in [1.82, 2.24) is 14.8 Å². The summed E-state index contributed by atoms with van der Waals surface area (Å²) in [5.74, 6) is -0.227. The van der Waals surface area contributed by atoms with Crippen molar-refractivity contribution in [2.75, 3.05) is 5.32 Å². The topological polar surface area (TPSA) is 76.9 Å². The average Bonchev–Trinajstić information content (AvgIpc) is 2.99. The van der Waals surface area contributed by atoms with E-state index in [0.717, 1.165) is 21.0 Å². The van der Waals surface area contributed by atoms with Crippen LogP contribution < -0.4 is 10.9 Å². The fourth-order valence-electron chi connectivity index (χ4n) is 2.26. The van der Waals surface area contributed by atoms with E-state index in [4.69, 9.17) is 12.2 Å². The molecule has 0 spiro atoms. The number of rotatable bonds is 5. The molecule has 3 rings (SSSR count).